The van der Waals surface area contributed by atoms with E-state index in [4.69, 9.17) is 0 Å². The second-order valence-electron chi connectivity index (χ2n) is 7.04. The molecule has 32 heavy (non-hydrogen) atoms. The average Bonchev–Trinajstić information content (AvgIpc) is 2.83. The van der Waals surface area contributed by atoms with Gasteiger partial charge in [0.05, 0.1) is 4.92 Å². The van der Waals surface area contributed by atoms with Gasteiger partial charge in [-0.3, -0.25) is 19.8 Å². The second-order valence-corrected chi connectivity index (χ2v) is 7.04. The molecule has 164 valence electrons. The van der Waals surface area contributed by atoms with Crippen molar-refractivity contribution in [1.29, 1.82) is 0 Å². The fourth-order valence-corrected chi connectivity index (χ4v) is 3.19. The van der Waals surface area contributed by atoms with Crippen molar-refractivity contribution < 1.29 is 14.5 Å². The number of nitrogens with zero attached hydrogens (tertiary/aromatic N) is 3. The van der Waals surface area contributed by atoms with Crippen molar-refractivity contribution in [2.24, 2.45) is 0 Å². The molecule has 0 bridgehead atoms. The van der Waals surface area contributed by atoms with Crippen LogP contribution in [0, 0.1) is 10.1 Å². The fraction of sp³-hybridized carbons (Fsp3) is 0.167. The first-order valence-corrected chi connectivity index (χ1v) is 10.2. The van der Waals surface area contributed by atoms with Crippen LogP contribution < -0.4 is 15.1 Å². The third kappa shape index (κ3) is 5.69. The van der Waals surface area contributed by atoms with E-state index in [9.17, 15) is 19.7 Å². The van der Waals surface area contributed by atoms with E-state index in [1.54, 1.807) is 17.0 Å². The molecule has 0 heterocycles. The molecule has 0 saturated carbocycles. The number of benzene rings is 3. The molecule has 0 aliphatic carbocycles. The Morgan fingerprint density at radius 3 is 2.16 bits per heavy atom. The molecular weight excluding hydrogens is 408 g/mol. The first kappa shape index (κ1) is 22.5. The molecular formula is C24H24N4O4. The summed E-state index contributed by atoms with van der Waals surface area (Å²) in [5.41, 5.74) is 2.97. The van der Waals surface area contributed by atoms with Crippen molar-refractivity contribution in [2.45, 2.75) is 13.3 Å². The summed E-state index contributed by atoms with van der Waals surface area (Å²) in [6.07, 6.45) is 1.66. The third-order valence-electron chi connectivity index (χ3n) is 5.01. The minimum atomic E-state index is -0.497. The van der Waals surface area contributed by atoms with Crippen LogP contribution in [-0.2, 0) is 11.2 Å². The minimum Gasteiger partial charge on any atom is -0.313 e. The largest absolute Gasteiger partial charge is 0.326 e. The molecule has 0 unspecified atom stereocenters. The lowest BCUT2D eigenvalue weighted by Crippen LogP contribution is -2.41. The lowest BCUT2D eigenvalue weighted by molar-refractivity contribution is -0.384. The van der Waals surface area contributed by atoms with Crippen LogP contribution >= 0.6 is 0 Å². The molecule has 0 spiro atoms. The van der Waals surface area contributed by atoms with E-state index < -0.39 is 11.0 Å². The maximum atomic E-state index is 13.0. The number of nitro groups is 1. The topological polar surface area (TPSA) is 95.8 Å². The van der Waals surface area contributed by atoms with Gasteiger partial charge in [-0.25, -0.2) is 4.79 Å². The normalized spacial score (nSPS) is 10.3. The number of aryl methyl sites for hydroxylation is 1. The van der Waals surface area contributed by atoms with Crippen molar-refractivity contribution >= 4 is 35.2 Å². The number of hydrogen-bond acceptors (Lipinski definition) is 4. The molecule has 1 N–H and O–H groups in total. The molecule has 3 aromatic carbocycles. The Labute approximate surface area is 186 Å². The Morgan fingerprint density at radius 1 is 0.938 bits per heavy atom. The van der Waals surface area contributed by atoms with Crippen LogP contribution in [-0.4, -0.2) is 30.5 Å². The summed E-state index contributed by atoms with van der Waals surface area (Å²) in [5.74, 6) is 0. The number of rotatable bonds is 9. The van der Waals surface area contributed by atoms with Crippen molar-refractivity contribution in [3.05, 3.63) is 94.5 Å². The van der Waals surface area contributed by atoms with Gasteiger partial charge < -0.3 is 10.2 Å². The lowest BCUT2D eigenvalue weighted by atomic mass is 10.1. The highest BCUT2D eigenvalue weighted by Crippen LogP contribution is 2.20. The van der Waals surface area contributed by atoms with E-state index in [0.717, 1.165) is 18.5 Å². The van der Waals surface area contributed by atoms with Gasteiger partial charge in [0.15, 0.2) is 0 Å². The zero-order chi connectivity index (χ0) is 22.9. The monoisotopic (exact) mass is 432 g/mol. The molecule has 8 nitrogen and oxygen atoms in total. The molecule has 3 aromatic rings. The average molecular weight is 432 g/mol. The second kappa shape index (κ2) is 10.7. The quantitative estimate of drug-likeness (QED) is 0.297. The van der Waals surface area contributed by atoms with Crippen LogP contribution in [0.3, 0.4) is 0 Å². The standard InChI is InChI=1S/C24H24N4O4/c1-2-19-8-12-21(13-9-19)26(18-29)16-17-27(22-6-4-3-5-7-22)24(30)25-20-10-14-23(15-11-20)28(31)32/h3-15,18H,2,16-17H2,1H3,(H,25,30). The molecule has 0 fully saturated rings. The zero-order valence-corrected chi connectivity index (χ0v) is 17.7. The smallest absolute Gasteiger partial charge is 0.313 e. The van der Waals surface area contributed by atoms with Gasteiger partial charge in [-0.1, -0.05) is 37.3 Å². The number of hydrogen-bond donors (Lipinski definition) is 1. The van der Waals surface area contributed by atoms with Crippen LogP contribution in [0.5, 0.6) is 0 Å². The van der Waals surface area contributed by atoms with Gasteiger partial charge in [0.25, 0.3) is 5.69 Å². The summed E-state index contributed by atoms with van der Waals surface area (Å²) in [4.78, 5) is 38.1. The number of urea groups is 1. The highest BCUT2D eigenvalue weighted by atomic mass is 16.6. The molecule has 0 atom stereocenters. The Hall–Kier alpha value is -4.20. The van der Waals surface area contributed by atoms with Gasteiger partial charge in [0.2, 0.25) is 6.41 Å². The van der Waals surface area contributed by atoms with E-state index in [-0.39, 0.29) is 18.8 Å². The molecule has 0 aromatic heterocycles. The summed E-state index contributed by atoms with van der Waals surface area (Å²) in [5, 5.41) is 13.6. The zero-order valence-electron chi connectivity index (χ0n) is 17.7. The van der Waals surface area contributed by atoms with Crippen LogP contribution in [0.1, 0.15) is 12.5 Å². The van der Waals surface area contributed by atoms with Crippen LogP contribution in [0.2, 0.25) is 0 Å². The maximum Gasteiger partial charge on any atom is 0.326 e. The summed E-state index contributed by atoms with van der Waals surface area (Å²) in [7, 11) is 0. The molecule has 0 aliphatic rings. The van der Waals surface area contributed by atoms with Gasteiger partial charge in [-0.2, -0.15) is 0 Å². The fourth-order valence-electron chi connectivity index (χ4n) is 3.19. The first-order chi connectivity index (χ1) is 15.5. The van der Waals surface area contributed by atoms with Crippen molar-refractivity contribution in [1.82, 2.24) is 0 Å². The lowest BCUT2D eigenvalue weighted by Gasteiger charge is -2.26. The van der Waals surface area contributed by atoms with Gasteiger partial charge >= 0.3 is 6.03 Å². The molecule has 0 aliphatic heterocycles. The number of para-hydroxylation sites is 1. The predicted octanol–water partition coefficient (Wildman–Crippen LogP) is 4.86. The Morgan fingerprint density at radius 2 is 1.59 bits per heavy atom. The molecule has 3 rings (SSSR count). The van der Waals surface area contributed by atoms with Gasteiger partial charge in [-0.15, -0.1) is 0 Å². The van der Waals surface area contributed by atoms with E-state index in [0.29, 0.717) is 11.4 Å². The van der Waals surface area contributed by atoms with Gasteiger partial charge in [-0.05, 0) is 48.4 Å². The number of carbonyl (C=O) groups is 2. The van der Waals surface area contributed by atoms with Crippen molar-refractivity contribution in [3.8, 4) is 0 Å². The van der Waals surface area contributed by atoms with E-state index in [2.05, 4.69) is 12.2 Å². The van der Waals surface area contributed by atoms with Crippen LogP contribution in [0.25, 0.3) is 0 Å². The van der Waals surface area contributed by atoms with Crippen molar-refractivity contribution in [3.63, 3.8) is 0 Å². The molecule has 3 amide bonds. The number of nitro benzene ring substituents is 1. The molecule has 0 radical (unpaired) electrons. The molecule has 8 heteroatoms. The Bertz CT molecular complexity index is 1050. The van der Waals surface area contributed by atoms with E-state index in [1.165, 1.54) is 34.7 Å². The summed E-state index contributed by atoms with van der Waals surface area (Å²) < 4.78 is 0. The van der Waals surface area contributed by atoms with Crippen molar-refractivity contribution in [2.75, 3.05) is 28.2 Å². The highest BCUT2D eigenvalue weighted by molar-refractivity contribution is 6.01. The highest BCUT2D eigenvalue weighted by Gasteiger charge is 2.18. The minimum absolute atomic E-state index is 0.0568. The summed E-state index contributed by atoms with van der Waals surface area (Å²) in [6.45, 7) is 2.60. The van der Waals surface area contributed by atoms with E-state index >= 15 is 0 Å². The van der Waals surface area contributed by atoms with Gasteiger partial charge in [0, 0.05) is 42.3 Å². The molecule has 0 saturated heterocycles. The summed E-state index contributed by atoms with van der Waals surface area (Å²) >= 11 is 0. The first-order valence-electron chi connectivity index (χ1n) is 10.2. The number of nitrogens with one attached hydrogen (secondary N) is 1. The number of carbonyl (C=O) groups excluding carboxylic acids is 2. The SMILES string of the molecule is CCc1ccc(N(C=O)CCN(C(=O)Nc2ccc([N+](=O)[O-])cc2)c2ccccc2)cc1. The number of amides is 3. The number of non-ortho nitro benzene ring substituents is 1. The Balaban J connectivity index is 1.75. The van der Waals surface area contributed by atoms with Gasteiger partial charge in [0.1, 0.15) is 0 Å². The third-order valence-corrected chi connectivity index (χ3v) is 5.01. The maximum absolute atomic E-state index is 13.0. The number of anilines is 3. The van der Waals surface area contributed by atoms with Crippen LogP contribution in [0.15, 0.2) is 78.9 Å². The predicted molar refractivity (Wildman–Crippen MR) is 125 cm³/mol. The van der Waals surface area contributed by atoms with Crippen LogP contribution in [0.4, 0.5) is 27.5 Å². The Kier molecular flexibility index (Phi) is 7.53. The summed E-state index contributed by atoms with van der Waals surface area (Å²) in [6, 6.07) is 22.0. The van der Waals surface area contributed by atoms with E-state index in [1.807, 2.05) is 42.5 Å².